The number of hydrogen-bond donors (Lipinski definition) is 1. The van der Waals surface area contributed by atoms with Gasteiger partial charge in [0, 0.05) is 18.6 Å². The molecule has 0 spiro atoms. The monoisotopic (exact) mass is 218 g/mol. The molecular weight excluding hydrogens is 196 g/mol. The molecule has 2 heteroatoms. The molecule has 0 bridgehead atoms. The van der Waals surface area contributed by atoms with Crippen molar-refractivity contribution in [2.24, 2.45) is 5.73 Å². The smallest absolute Gasteiger partial charge is 0.0168 e. The fourth-order valence-electron chi connectivity index (χ4n) is 2.52. The van der Waals surface area contributed by atoms with E-state index in [1.165, 1.54) is 24.9 Å². The molecule has 1 aromatic rings. The van der Waals surface area contributed by atoms with Gasteiger partial charge in [-0.15, -0.1) is 0 Å². The highest BCUT2D eigenvalue weighted by molar-refractivity contribution is 5.15. The molecule has 1 aromatic carbocycles. The van der Waals surface area contributed by atoms with Crippen LogP contribution in [0.3, 0.4) is 0 Å². The van der Waals surface area contributed by atoms with Gasteiger partial charge in [0.05, 0.1) is 0 Å². The Morgan fingerprint density at radius 1 is 1.38 bits per heavy atom. The lowest BCUT2D eigenvalue weighted by molar-refractivity contribution is 0.158. The van der Waals surface area contributed by atoms with Crippen LogP contribution in [0.1, 0.15) is 25.3 Å². The fourth-order valence-corrected chi connectivity index (χ4v) is 2.52. The molecule has 0 aliphatic carbocycles. The molecule has 0 aromatic heterocycles. The Balaban J connectivity index is 1.90. The summed E-state index contributed by atoms with van der Waals surface area (Å²) in [7, 11) is 0. The van der Waals surface area contributed by atoms with Crippen LogP contribution in [0, 0.1) is 0 Å². The van der Waals surface area contributed by atoms with Gasteiger partial charge in [0.25, 0.3) is 0 Å². The Bertz CT molecular complexity index is 310. The third-order valence-electron chi connectivity index (χ3n) is 3.49. The summed E-state index contributed by atoms with van der Waals surface area (Å²) >= 11 is 0. The van der Waals surface area contributed by atoms with E-state index >= 15 is 0 Å². The van der Waals surface area contributed by atoms with E-state index in [4.69, 9.17) is 5.73 Å². The van der Waals surface area contributed by atoms with Crippen LogP contribution in [-0.2, 0) is 6.42 Å². The number of piperidine rings is 1. The maximum Gasteiger partial charge on any atom is 0.0168 e. The lowest BCUT2D eigenvalue weighted by atomic mass is 10.0. The molecule has 1 heterocycles. The van der Waals surface area contributed by atoms with Gasteiger partial charge in [0.1, 0.15) is 0 Å². The van der Waals surface area contributed by atoms with Crippen molar-refractivity contribution < 1.29 is 0 Å². The first kappa shape index (κ1) is 11.6. The van der Waals surface area contributed by atoms with Crippen molar-refractivity contribution in [3.8, 4) is 0 Å². The third-order valence-corrected chi connectivity index (χ3v) is 3.49. The maximum atomic E-state index is 6.01. The first-order valence-electron chi connectivity index (χ1n) is 6.29. The van der Waals surface area contributed by atoms with E-state index in [0.717, 1.165) is 13.0 Å². The van der Waals surface area contributed by atoms with Crippen molar-refractivity contribution in [3.63, 3.8) is 0 Å². The van der Waals surface area contributed by atoms with Crippen molar-refractivity contribution in [1.82, 2.24) is 4.90 Å². The molecule has 1 aliphatic heterocycles. The molecule has 88 valence electrons. The highest BCUT2D eigenvalue weighted by Crippen LogP contribution is 2.14. The van der Waals surface area contributed by atoms with Crippen molar-refractivity contribution >= 4 is 0 Å². The van der Waals surface area contributed by atoms with E-state index in [-0.39, 0.29) is 0 Å². The molecule has 16 heavy (non-hydrogen) atoms. The molecule has 0 radical (unpaired) electrons. The van der Waals surface area contributed by atoms with Gasteiger partial charge in [-0.05, 0) is 38.3 Å². The zero-order chi connectivity index (χ0) is 11.4. The fraction of sp³-hybridized carbons (Fsp3) is 0.571. The predicted molar refractivity (Wildman–Crippen MR) is 68.4 cm³/mol. The van der Waals surface area contributed by atoms with Crippen LogP contribution in [0.15, 0.2) is 30.3 Å². The van der Waals surface area contributed by atoms with E-state index < -0.39 is 0 Å². The highest BCUT2D eigenvalue weighted by atomic mass is 15.2. The average molecular weight is 218 g/mol. The second-order valence-corrected chi connectivity index (χ2v) is 4.94. The second-order valence-electron chi connectivity index (χ2n) is 4.94. The van der Waals surface area contributed by atoms with Gasteiger partial charge in [-0.25, -0.2) is 0 Å². The minimum Gasteiger partial charge on any atom is -0.327 e. The van der Waals surface area contributed by atoms with Crippen molar-refractivity contribution in [2.45, 2.75) is 38.3 Å². The summed E-state index contributed by atoms with van der Waals surface area (Å²) in [5, 5.41) is 0. The van der Waals surface area contributed by atoms with Gasteiger partial charge in [-0.1, -0.05) is 30.3 Å². The van der Waals surface area contributed by atoms with Gasteiger partial charge >= 0.3 is 0 Å². The molecule has 1 saturated heterocycles. The van der Waals surface area contributed by atoms with Crippen molar-refractivity contribution in [1.29, 1.82) is 0 Å². The van der Waals surface area contributed by atoms with E-state index in [9.17, 15) is 0 Å². The van der Waals surface area contributed by atoms with Crippen LogP contribution >= 0.6 is 0 Å². The van der Waals surface area contributed by atoms with Crippen molar-refractivity contribution in [2.75, 3.05) is 13.1 Å². The van der Waals surface area contributed by atoms with Crippen LogP contribution in [-0.4, -0.2) is 30.1 Å². The van der Waals surface area contributed by atoms with E-state index in [2.05, 4.69) is 42.2 Å². The Morgan fingerprint density at radius 3 is 2.81 bits per heavy atom. The standard InChI is InChI=1S/C14H22N2/c1-12(10-13-6-3-2-4-7-13)16-9-5-8-14(15)11-16/h2-4,6-7,12,14H,5,8-11,15H2,1H3/t12-,14-/m0/s1. The molecular formula is C14H22N2. The Morgan fingerprint density at radius 2 is 2.12 bits per heavy atom. The molecule has 1 aliphatic rings. The molecule has 0 amide bonds. The van der Waals surface area contributed by atoms with E-state index in [1.54, 1.807) is 0 Å². The third kappa shape index (κ3) is 3.06. The number of rotatable bonds is 3. The highest BCUT2D eigenvalue weighted by Gasteiger charge is 2.20. The number of benzene rings is 1. The van der Waals surface area contributed by atoms with Gasteiger partial charge in [0.2, 0.25) is 0 Å². The summed E-state index contributed by atoms with van der Waals surface area (Å²) < 4.78 is 0. The number of nitrogens with zero attached hydrogens (tertiary/aromatic N) is 1. The molecule has 1 fully saturated rings. The molecule has 2 nitrogen and oxygen atoms in total. The minimum atomic E-state index is 0.381. The molecule has 0 saturated carbocycles. The van der Waals surface area contributed by atoms with E-state index in [1.807, 2.05) is 0 Å². The molecule has 0 unspecified atom stereocenters. The number of hydrogen-bond acceptors (Lipinski definition) is 2. The second kappa shape index (κ2) is 5.46. The van der Waals surface area contributed by atoms with Gasteiger partial charge in [-0.2, -0.15) is 0 Å². The summed E-state index contributed by atoms with van der Waals surface area (Å²) in [6, 6.07) is 11.7. The zero-order valence-corrected chi connectivity index (χ0v) is 10.1. The summed E-state index contributed by atoms with van der Waals surface area (Å²) in [6.07, 6.45) is 3.57. The lowest BCUT2D eigenvalue weighted by Gasteiger charge is -2.35. The summed E-state index contributed by atoms with van der Waals surface area (Å²) in [4.78, 5) is 2.53. The van der Waals surface area contributed by atoms with Crippen molar-refractivity contribution in [3.05, 3.63) is 35.9 Å². The quantitative estimate of drug-likeness (QED) is 0.841. The first-order chi connectivity index (χ1) is 7.75. The predicted octanol–water partition coefficient (Wildman–Crippen LogP) is 2.04. The van der Waals surface area contributed by atoms with Gasteiger partial charge in [-0.3, -0.25) is 4.90 Å². The summed E-state index contributed by atoms with van der Waals surface area (Å²) in [5.41, 5.74) is 7.44. The Labute approximate surface area is 98.4 Å². The molecule has 2 rings (SSSR count). The zero-order valence-electron chi connectivity index (χ0n) is 10.1. The Kier molecular flexibility index (Phi) is 3.97. The summed E-state index contributed by atoms with van der Waals surface area (Å²) in [5.74, 6) is 0. The normalized spacial score (nSPS) is 24.2. The average Bonchev–Trinajstić information content (AvgIpc) is 2.30. The maximum absolute atomic E-state index is 6.01. The number of nitrogens with two attached hydrogens (primary N) is 1. The number of likely N-dealkylation sites (tertiary alicyclic amines) is 1. The van der Waals surface area contributed by atoms with E-state index in [0.29, 0.717) is 12.1 Å². The van der Waals surface area contributed by atoms with Crippen LogP contribution in [0.2, 0.25) is 0 Å². The lowest BCUT2D eigenvalue weighted by Crippen LogP contribution is -2.47. The van der Waals surface area contributed by atoms with Gasteiger partial charge in [0.15, 0.2) is 0 Å². The van der Waals surface area contributed by atoms with Crippen LogP contribution < -0.4 is 5.73 Å². The Hall–Kier alpha value is -0.860. The van der Waals surface area contributed by atoms with Crippen LogP contribution in [0.5, 0.6) is 0 Å². The van der Waals surface area contributed by atoms with Crippen LogP contribution in [0.4, 0.5) is 0 Å². The topological polar surface area (TPSA) is 29.3 Å². The molecule has 2 atom stereocenters. The molecule has 2 N–H and O–H groups in total. The SMILES string of the molecule is C[C@@H](Cc1ccccc1)N1CCC[C@H](N)C1. The largest absolute Gasteiger partial charge is 0.327 e. The van der Waals surface area contributed by atoms with Crippen LogP contribution in [0.25, 0.3) is 0 Å². The minimum absolute atomic E-state index is 0.381. The summed E-state index contributed by atoms with van der Waals surface area (Å²) in [6.45, 7) is 4.58. The van der Waals surface area contributed by atoms with Gasteiger partial charge < -0.3 is 5.73 Å². The first-order valence-corrected chi connectivity index (χ1v) is 6.29.